The minimum Gasteiger partial charge on any atom is -0.317 e. The van der Waals surface area contributed by atoms with Gasteiger partial charge in [-0.3, -0.25) is 0 Å². The van der Waals surface area contributed by atoms with E-state index < -0.39 is 5.09 Å². The lowest BCUT2D eigenvalue weighted by atomic mass is 10.1. The van der Waals surface area contributed by atoms with Crippen LogP contribution in [-0.2, 0) is 4.84 Å². The zero-order chi connectivity index (χ0) is 22.7. The Morgan fingerprint density at radius 2 is 0.800 bits per heavy atom. The van der Waals surface area contributed by atoms with Crippen molar-refractivity contribution in [3.63, 3.8) is 0 Å². The van der Waals surface area contributed by atoms with Crippen molar-refractivity contribution < 1.29 is 9.92 Å². The molecule has 0 saturated heterocycles. The van der Waals surface area contributed by atoms with E-state index in [9.17, 15) is 0 Å². The van der Waals surface area contributed by atoms with Crippen molar-refractivity contribution in [1.82, 2.24) is 4.90 Å². The number of hydrogen-bond acceptors (Lipinski definition) is 4. The summed E-state index contributed by atoms with van der Waals surface area (Å²) in [5.74, 6) is 0. The minimum absolute atomic E-state index is 0.875. The third-order valence-corrected chi connectivity index (χ3v) is 5.63. The maximum Gasteiger partial charge on any atom is 0.294 e. The highest BCUT2D eigenvalue weighted by atomic mass is 16.9. The highest BCUT2D eigenvalue weighted by molar-refractivity contribution is 4.60. The molecule has 0 radical (unpaired) electrons. The molecule has 0 saturated carbocycles. The van der Waals surface area contributed by atoms with E-state index in [4.69, 9.17) is 10.1 Å². The summed E-state index contributed by atoms with van der Waals surface area (Å²) in [5, 5.41) is 8.08. The molecule has 0 aromatic heterocycles. The second-order valence-corrected chi connectivity index (χ2v) is 8.55. The molecule has 0 bridgehead atoms. The molecule has 0 spiro atoms. The lowest BCUT2D eigenvalue weighted by molar-refractivity contribution is -0.749. The van der Waals surface area contributed by atoms with Crippen LogP contribution in [0.5, 0.6) is 0 Å². The van der Waals surface area contributed by atoms with Gasteiger partial charge in [-0.05, 0) is 38.9 Å². The van der Waals surface area contributed by atoms with E-state index >= 15 is 0 Å². The molecule has 0 N–H and O–H groups in total. The molecule has 182 valence electrons. The van der Waals surface area contributed by atoms with Gasteiger partial charge in [0.05, 0.1) is 7.11 Å². The normalized spacial score (nSPS) is 10.7. The topological polar surface area (TPSA) is 55.6 Å². The number of nitrogens with zero attached hydrogens (tertiary/aromatic N) is 2. The van der Waals surface area contributed by atoms with Gasteiger partial charge in [0.25, 0.3) is 5.09 Å². The average molecular weight is 431 g/mol. The molecule has 0 aliphatic carbocycles. The Morgan fingerprint density at radius 3 is 1.03 bits per heavy atom. The molecule has 0 atom stereocenters. The summed E-state index contributed by atoms with van der Waals surface area (Å²) < 4.78 is 0. The third kappa shape index (κ3) is 29.4. The van der Waals surface area contributed by atoms with Crippen LogP contribution in [0.2, 0.25) is 0 Å². The molecule has 0 fully saturated rings. The Bertz CT molecular complexity index is 289. The number of rotatable bonds is 22. The first-order valence-corrected chi connectivity index (χ1v) is 13.0. The zero-order valence-corrected chi connectivity index (χ0v) is 21.0. The van der Waals surface area contributed by atoms with Crippen molar-refractivity contribution >= 4 is 0 Å². The Balaban J connectivity index is 0. The van der Waals surface area contributed by atoms with Gasteiger partial charge in [0.15, 0.2) is 0 Å². The predicted molar refractivity (Wildman–Crippen MR) is 131 cm³/mol. The lowest BCUT2D eigenvalue weighted by Gasteiger charge is -2.22. The van der Waals surface area contributed by atoms with Crippen LogP contribution in [0.3, 0.4) is 0 Å². The summed E-state index contributed by atoms with van der Waals surface area (Å²) in [6.07, 6.45) is 25.7. The molecule has 0 aliphatic rings. The van der Waals surface area contributed by atoms with E-state index in [0.29, 0.717) is 0 Å². The largest absolute Gasteiger partial charge is 0.317 e. The fourth-order valence-electron chi connectivity index (χ4n) is 3.68. The average Bonchev–Trinajstić information content (AvgIpc) is 2.75. The van der Waals surface area contributed by atoms with Gasteiger partial charge in [-0.15, -0.1) is 10.1 Å². The van der Waals surface area contributed by atoms with Crippen molar-refractivity contribution in [2.75, 3.05) is 26.7 Å². The Kier molecular flexibility index (Phi) is 29.4. The molecule has 0 amide bonds. The Hall–Kier alpha value is -0.840. The predicted octanol–water partition coefficient (Wildman–Crippen LogP) is 8.19. The first kappa shape index (κ1) is 31.3. The molecule has 0 aromatic rings. The number of unbranched alkanes of at least 4 members (excludes halogenated alkanes) is 15. The first-order chi connectivity index (χ1) is 14.6. The summed E-state index contributed by atoms with van der Waals surface area (Å²) in [6, 6.07) is 0. The second-order valence-electron chi connectivity index (χ2n) is 8.55. The zero-order valence-electron chi connectivity index (χ0n) is 21.0. The molecular formula is C25H54N2O3. The molecule has 5 nitrogen and oxygen atoms in total. The van der Waals surface area contributed by atoms with Gasteiger partial charge >= 0.3 is 0 Å². The summed E-state index contributed by atoms with van der Waals surface area (Å²) >= 11 is 0. The van der Waals surface area contributed by atoms with Crippen LogP contribution >= 0.6 is 0 Å². The van der Waals surface area contributed by atoms with Crippen LogP contribution in [0.1, 0.15) is 136 Å². The van der Waals surface area contributed by atoms with Crippen LogP contribution in [-0.4, -0.2) is 36.7 Å². The van der Waals surface area contributed by atoms with Crippen LogP contribution in [0.15, 0.2) is 0 Å². The van der Waals surface area contributed by atoms with Gasteiger partial charge in [0.1, 0.15) is 0 Å². The first-order valence-electron chi connectivity index (χ1n) is 13.0. The standard InChI is InChI=1S/C24H51N.CH3NO3/c1-4-7-10-13-16-19-22-25(23-20-17-14-11-8-5-2)24-21-18-15-12-9-6-3;1-5-2(3)4/h4-24H2,1-3H3;1H3. The van der Waals surface area contributed by atoms with E-state index in [2.05, 4.69) is 30.5 Å². The van der Waals surface area contributed by atoms with Crippen LogP contribution in [0.25, 0.3) is 0 Å². The lowest BCUT2D eigenvalue weighted by Crippen LogP contribution is -2.27. The quantitative estimate of drug-likeness (QED) is 0.0986. The fraction of sp³-hybridized carbons (Fsp3) is 1.00. The summed E-state index contributed by atoms with van der Waals surface area (Å²) in [4.78, 5) is 15.2. The molecule has 5 heteroatoms. The molecule has 0 aliphatic heterocycles. The summed E-state index contributed by atoms with van der Waals surface area (Å²) in [7, 11) is 1.00. The maximum atomic E-state index is 8.95. The smallest absolute Gasteiger partial charge is 0.294 e. The maximum absolute atomic E-state index is 8.95. The molecule has 0 aromatic carbocycles. The van der Waals surface area contributed by atoms with Crippen LogP contribution in [0.4, 0.5) is 0 Å². The highest BCUT2D eigenvalue weighted by Gasteiger charge is 2.05. The molecular weight excluding hydrogens is 376 g/mol. The van der Waals surface area contributed by atoms with Crippen molar-refractivity contribution in [3.05, 3.63) is 10.1 Å². The van der Waals surface area contributed by atoms with Gasteiger partial charge in [-0.2, -0.15) is 0 Å². The van der Waals surface area contributed by atoms with Crippen molar-refractivity contribution in [2.24, 2.45) is 0 Å². The van der Waals surface area contributed by atoms with Gasteiger partial charge in [0, 0.05) is 0 Å². The fourth-order valence-corrected chi connectivity index (χ4v) is 3.68. The van der Waals surface area contributed by atoms with Gasteiger partial charge < -0.3 is 9.74 Å². The summed E-state index contributed by atoms with van der Waals surface area (Å²) in [6.45, 7) is 11.0. The van der Waals surface area contributed by atoms with Crippen molar-refractivity contribution in [2.45, 2.75) is 136 Å². The Morgan fingerprint density at radius 1 is 0.567 bits per heavy atom. The third-order valence-electron chi connectivity index (χ3n) is 5.63. The SMILES string of the molecule is CCCCCCCCN(CCCCCCCC)CCCCCCCC.CO[N+](=O)[O-]. The van der Waals surface area contributed by atoms with Gasteiger partial charge in [0.2, 0.25) is 0 Å². The second kappa shape index (κ2) is 28.2. The molecule has 0 unspecified atom stereocenters. The van der Waals surface area contributed by atoms with Crippen LogP contribution in [0, 0.1) is 10.1 Å². The van der Waals surface area contributed by atoms with E-state index in [1.165, 1.54) is 135 Å². The van der Waals surface area contributed by atoms with Gasteiger partial charge in [-0.25, -0.2) is 0 Å². The molecule has 30 heavy (non-hydrogen) atoms. The van der Waals surface area contributed by atoms with Crippen LogP contribution < -0.4 is 0 Å². The highest BCUT2D eigenvalue weighted by Crippen LogP contribution is 2.11. The Labute approximate surface area is 188 Å². The van der Waals surface area contributed by atoms with Crippen molar-refractivity contribution in [3.8, 4) is 0 Å². The number of hydrogen-bond donors (Lipinski definition) is 0. The monoisotopic (exact) mass is 430 g/mol. The van der Waals surface area contributed by atoms with E-state index in [0.717, 1.165) is 7.11 Å². The van der Waals surface area contributed by atoms with Crippen molar-refractivity contribution in [1.29, 1.82) is 0 Å². The minimum atomic E-state index is -0.875. The molecule has 0 heterocycles. The van der Waals surface area contributed by atoms with E-state index in [1.807, 2.05) is 0 Å². The van der Waals surface area contributed by atoms with E-state index in [1.54, 1.807) is 0 Å². The van der Waals surface area contributed by atoms with E-state index in [-0.39, 0.29) is 0 Å². The summed E-state index contributed by atoms with van der Waals surface area (Å²) in [5.41, 5.74) is 0. The van der Waals surface area contributed by atoms with Gasteiger partial charge in [-0.1, -0.05) is 117 Å². The molecule has 0 rings (SSSR count).